The number of carboxylic acids is 1. The second-order valence-corrected chi connectivity index (χ2v) is 11.3. The molecule has 8 nitrogen and oxygen atoms in total. The lowest BCUT2D eigenvalue weighted by molar-refractivity contribution is 0.0697. The Morgan fingerprint density at radius 3 is 2.67 bits per heavy atom. The van der Waals surface area contributed by atoms with E-state index in [1.165, 1.54) is 6.07 Å². The Kier molecular flexibility index (Phi) is 9.37. The highest BCUT2D eigenvalue weighted by Gasteiger charge is 2.24. The Balaban J connectivity index is 1.20. The smallest absolute Gasteiger partial charge is 0.335 e. The molecule has 42 heavy (non-hydrogen) atoms. The van der Waals surface area contributed by atoms with Crippen molar-refractivity contribution in [2.75, 3.05) is 13.1 Å². The van der Waals surface area contributed by atoms with Crippen LogP contribution in [-0.2, 0) is 19.7 Å². The van der Waals surface area contributed by atoms with Crippen LogP contribution in [0.5, 0.6) is 11.6 Å². The molecule has 3 heterocycles. The van der Waals surface area contributed by atoms with Crippen LogP contribution in [0, 0.1) is 18.7 Å². The standard InChI is InChI=1S/C33H39FN4O4/c1-4-6-23(3)19-38-29-18-24(33(39)40)10-11-28(29)36-31(38)20-37-15-13-26(14-16-37)42-32-8-5-7-25(35-32)21-41-30-12-9-22(2)17-27(30)34/h5,7-12,17-18,23,26H,4,6,13-16,19-21H2,1-3H3,(H,39,40). The summed E-state index contributed by atoms with van der Waals surface area (Å²) in [5, 5.41) is 9.53. The van der Waals surface area contributed by atoms with Crippen LogP contribution in [0.3, 0.4) is 0 Å². The molecule has 1 saturated heterocycles. The minimum absolute atomic E-state index is 0.0426. The number of carboxylic acid groups (broad SMARTS) is 1. The van der Waals surface area contributed by atoms with E-state index < -0.39 is 5.97 Å². The van der Waals surface area contributed by atoms with Crippen LogP contribution in [0.4, 0.5) is 4.39 Å². The van der Waals surface area contributed by atoms with Gasteiger partial charge in [-0.15, -0.1) is 0 Å². The minimum atomic E-state index is -0.928. The highest BCUT2D eigenvalue weighted by Crippen LogP contribution is 2.25. The van der Waals surface area contributed by atoms with E-state index in [4.69, 9.17) is 14.5 Å². The number of nitrogens with zero attached hydrogens (tertiary/aromatic N) is 4. The van der Waals surface area contributed by atoms with Crippen molar-refractivity contribution in [3.63, 3.8) is 0 Å². The third-order valence-corrected chi connectivity index (χ3v) is 7.78. The summed E-state index contributed by atoms with van der Waals surface area (Å²) in [6, 6.07) is 15.6. The zero-order valence-electron chi connectivity index (χ0n) is 24.6. The second kappa shape index (κ2) is 13.3. The van der Waals surface area contributed by atoms with Crippen LogP contribution in [0.25, 0.3) is 11.0 Å². The number of likely N-dealkylation sites (tertiary alicyclic amines) is 1. The molecule has 1 N–H and O–H groups in total. The van der Waals surface area contributed by atoms with Gasteiger partial charge in [-0.05, 0) is 74.1 Å². The van der Waals surface area contributed by atoms with Crippen molar-refractivity contribution in [2.24, 2.45) is 5.92 Å². The lowest BCUT2D eigenvalue weighted by Crippen LogP contribution is -2.38. The Bertz CT molecular complexity index is 1530. The number of benzene rings is 2. The summed E-state index contributed by atoms with van der Waals surface area (Å²) >= 11 is 0. The van der Waals surface area contributed by atoms with Crippen molar-refractivity contribution in [1.29, 1.82) is 0 Å². The number of piperidine rings is 1. The van der Waals surface area contributed by atoms with Crippen molar-refractivity contribution in [3.05, 3.63) is 83.1 Å². The van der Waals surface area contributed by atoms with E-state index in [0.717, 1.165) is 67.7 Å². The van der Waals surface area contributed by atoms with Crippen molar-refractivity contribution < 1.29 is 23.8 Å². The van der Waals surface area contributed by atoms with Gasteiger partial charge in [0.2, 0.25) is 5.88 Å². The van der Waals surface area contributed by atoms with Gasteiger partial charge in [-0.2, -0.15) is 0 Å². The first-order valence-electron chi connectivity index (χ1n) is 14.8. The number of aromatic nitrogens is 3. The maximum Gasteiger partial charge on any atom is 0.335 e. The number of hydrogen-bond donors (Lipinski definition) is 1. The predicted molar refractivity (Wildman–Crippen MR) is 159 cm³/mol. The van der Waals surface area contributed by atoms with Gasteiger partial charge in [0.25, 0.3) is 0 Å². The Morgan fingerprint density at radius 2 is 1.93 bits per heavy atom. The van der Waals surface area contributed by atoms with E-state index in [1.807, 2.05) is 37.3 Å². The summed E-state index contributed by atoms with van der Waals surface area (Å²) in [5.74, 6) is 0.863. The second-order valence-electron chi connectivity index (χ2n) is 11.3. The Morgan fingerprint density at radius 1 is 1.12 bits per heavy atom. The summed E-state index contributed by atoms with van der Waals surface area (Å²) in [4.78, 5) is 23.5. The largest absolute Gasteiger partial charge is 0.484 e. The van der Waals surface area contributed by atoms with Crippen molar-refractivity contribution >= 4 is 17.0 Å². The fourth-order valence-electron chi connectivity index (χ4n) is 5.56. The third-order valence-electron chi connectivity index (χ3n) is 7.78. The van der Waals surface area contributed by atoms with Crippen LogP contribution in [0.15, 0.2) is 54.6 Å². The normalized spacial score (nSPS) is 15.1. The number of ether oxygens (including phenoxy) is 2. The molecule has 1 aliphatic heterocycles. The highest BCUT2D eigenvalue weighted by molar-refractivity contribution is 5.92. The molecular formula is C33H39FN4O4. The maximum absolute atomic E-state index is 14.1. The van der Waals surface area contributed by atoms with Crippen LogP contribution in [-0.4, -0.2) is 49.7 Å². The van der Waals surface area contributed by atoms with E-state index in [2.05, 4.69) is 28.3 Å². The number of aryl methyl sites for hydroxylation is 1. The molecule has 0 saturated carbocycles. The number of halogens is 1. The molecule has 1 fully saturated rings. The van der Waals surface area contributed by atoms with Gasteiger partial charge >= 0.3 is 5.97 Å². The molecule has 0 spiro atoms. The third kappa shape index (κ3) is 7.26. The lowest BCUT2D eigenvalue weighted by atomic mass is 10.1. The molecule has 0 bridgehead atoms. The number of imidazole rings is 1. The van der Waals surface area contributed by atoms with Crippen molar-refractivity contribution in [3.8, 4) is 11.6 Å². The average Bonchev–Trinajstić information content (AvgIpc) is 3.29. The fourth-order valence-corrected chi connectivity index (χ4v) is 5.56. The Hall–Kier alpha value is -3.98. The quantitative estimate of drug-likeness (QED) is 0.203. The van der Waals surface area contributed by atoms with Crippen molar-refractivity contribution in [2.45, 2.75) is 72.3 Å². The SMILES string of the molecule is CCCC(C)Cn1c(CN2CCC(Oc3cccc(COc4ccc(C)cc4F)n3)CC2)nc2ccc(C(=O)O)cc21. The molecule has 4 aromatic rings. The molecule has 1 unspecified atom stereocenters. The molecular weight excluding hydrogens is 535 g/mol. The number of rotatable bonds is 12. The van der Waals surface area contributed by atoms with E-state index in [9.17, 15) is 14.3 Å². The highest BCUT2D eigenvalue weighted by atomic mass is 19.1. The van der Waals surface area contributed by atoms with Crippen LogP contribution >= 0.6 is 0 Å². The number of hydrogen-bond acceptors (Lipinski definition) is 6. The Labute approximate surface area is 246 Å². The predicted octanol–water partition coefficient (Wildman–Crippen LogP) is 6.64. The summed E-state index contributed by atoms with van der Waals surface area (Å²) in [6.45, 7) is 9.63. The first kappa shape index (κ1) is 29.5. The first-order chi connectivity index (χ1) is 20.3. The van der Waals surface area contributed by atoms with E-state index in [0.29, 0.717) is 24.0 Å². The zero-order valence-corrected chi connectivity index (χ0v) is 24.6. The summed E-state index contributed by atoms with van der Waals surface area (Å²) in [6.07, 6.45) is 3.96. The average molecular weight is 575 g/mol. The number of carbonyl (C=O) groups is 1. The zero-order chi connectivity index (χ0) is 29.6. The monoisotopic (exact) mass is 574 g/mol. The van der Waals surface area contributed by atoms with Crippen LogP contribution < -0.4 is 9.47 Å². The number of aromatic carboxylic acids is 1. The summed E-state index contributed by atoms with van der Waals surface area (Å²) in [7, 11) is 0. The fraction of sp³-hybridized carbons (Fsp3) is 0.424. The van der Waals surface area contributed by atoms with Gasteiger partial charge in [-0.3, -0.25) is 4.90 Å². The number of pyridine rings is 1. The van der Waals surface area contributed by atoms with Gasteiger partial charge in [-0.25, -0.2) is 19.2 Å². The van der Waals surface area contributed by atoms with E-state index in [1.54, 1.807) is 18.2 Å². The first-order valence-corrected chi connectivity index (χ1v) is 14.8. The molecule has 9 heteroatoms. The number of fused-ring (bicyclic) bond motifs is 1. The molecule has 2 aromatic heterocycles. The molecule has 5 rings (SSSR count). The maximum atomic E-state index is 14.1. The van der Waals surface area contributed by atoms with Gasteiger partial charge in [-0.1, -0.05) is 32.4 Å². The minimum Gasteiger partial charge on any atom is -0.484 e. The molecule has 1 aliphatic rings. The molecule has 222 valence electrons. The molecule has 0 radical (unpaired) electrons. The molecule has 2 aromatic carbocycles. The molecule has 1 atom stereocenters. The molecule has 0 aliphatic carbocycles. The summed E-state index contributed by atoms with van der Waals surface area (Å²) < 4.78 is 28.2. The van der Waals surface area contributed by atoms with Gasteiger partial charge in [0.15, 0.2) is 11.6 Å². The van der Waals surface area contributed by atoms with Crippen LogP contribution in [0.1, 0.15) is 67.0 Å². The topological polar surface area (TPSA) is 89.7 Å². The van der Waals surface area contributed by atoms with Gasteiger partial charge < -0.3 is 19.1 Å². The van der Waals surface area contributed by atoms with E-state index >= 15 is 0 Å². The van der Waals surface area contributed by atoms with Gasteiger partial charge in [0.05, 0.1) is 28.8 Å². The van der Waals surface area contributed by atoms with Crippen LogP contribution in [0.2, 0.25) is 0 Å². The lowest BCUT2D eigenvalue weighted by Gasteiger charge is -2.31. The van der Waals surface area contributed by atoms with Gasteiger partial charge in [0, 0.05) is 25.7 Å². The summed E-state index contributed by atoms with van der Waals surface area (Å²) in [5.41, 5.74) is 3.51. The molecule has 0 amide bonds. The van der Waals surface area contributed by atoms with Crippen molar-refractivity contribution in [1.82, 2.24) is 19.4 Å². The van der Waals surface area contributed by atoms with Gasteiger partial charge in [0.1, 0.15) is 18.5 Å². The van der Waals surface area contributed by atoms with E-state index in [-0.39, 0.29) is 29.8 Å².